The molecule has 6 rings (SSSR count). The number of fused-ring (bicyclic) bond motifs is 3. The summed E-state index contributed by atoms with van der Waals surface area (Å²) in [6.07, 6.45) is 1.98. The number of ether oxygens (including phenoxy) is 1. The summed E-state index contributed by atoms with van der Waals surface area (Å²) in [6.45, 7) is 1.94. The minimum atomic E-state index is -3.96. The van der Waals surface area contributed by atoms with Crippen LogP contribution >= 0.6 is 0 Å². The highest BCUT2D eigenvalue weighted by Gasteiger charge is 2.40. The molecule has 1 unspecified atom stereocenters. The van der Waals surface area contributed by atoms with Crippen molar-refractivity contribution in [3.05, 3.63) is 132 Å². The number of para-hydroxylation sites is 1. The molecule has 1 aliphatic rings. The Hall–Kier alpha value is -4.29. The van der Waals surface area contributed by atoms with Gasteiger partial charge in [0.1, 0.15) is 17.0 Å². The van der Waals surface area contributed by atoms with E-state index in [4.69, 9.17) is 9.15 Å². The summed E-state index contributed by atoms with van der Waals surface area (Å²) in [5.74, 6) is 1.27. The molecule has 1 aliphatic heterocycles. The first-order valence-corrected chi connectivity index (χ1v) is 13.5. The lowest BCUT2D eigenvalue weighted by molar-refractivity contribution is 0.415. The van der Waals surface area contributed by atoms with Crippen LogP contribution in [0.5, 0.6) is 5.75 Å². The molecular formula is C31H25NO4S. The van der Waals surface area contributed by atoms with Gasteiger partial charge in [0.15, 0.2) is 5.76 Å². The monoisotopic (exact) mass is 507 g/mol. The van der Waals surface area contributed by atoms with E-state index in [1.54, 1.807) is 19.2 Å². The molecule has 0 aliphatic carbocycles. The summed E-state index contributed by atoms with van der Waals surface area (Å²) in [7, 11) is -2.33. The largest absolute Gasteiger partial charge is 0.497 e. The number of anilines is 1. The van der Waals surface area contributed by atoms with Crippen LogP contribution in [0.25, 0.3) is 16.5 Å². The fourth-order valence-electron chi connectivity index (χ4n) is 4.85. The van der Waals surface area contributed by atoms with E-state index in [0.29, 0.717) is 17.0 Å². The Labute approximate surface area is 216 Å². The van der Waals surface area contributed by atoms with Crippen molar-refractivity contribution in [2.24, 2.45) is 0 Å². The van der Waals surface area contributed by atoms with Gasteiger partial charge in [0.05, 0.1) is 18.0 Å². The molecule has 0 amide bonds. The molecule has 5 aromatic rings. The number of hydrogen-bond acceptors (Lipinski definition) is 4. The maximum Gasteiger partial charge on any atom is 0.265 e. The van der Waals surface area contributed by atoms with Gasteiger partial charge in [0.2, 0.25) is 0 Å². The second kappa shape index (κ2) is 8.98. The van der Waals surface area contributed by atoms with E-state index in [-0.39, 0.29) is 4.90 Å². The average molecular weight is 508 g/mol. The molecule has 0 radical (unpaired) electrons. The smallest absolute Gasteiger partial charge is 0.265 e. The highest BCUT2D eigenvalue weighted by Crippen LogP contribution is 2.50. The molecule has 4 aromatic carbocycles. The van der Waals surface area contributed by atoms with Crippen molar-refractivity contribution in [2.45, 2.75) is 17.9 Å². The Balaban J connectivity index is 1.66. The van der Waals surface area contributed by atoms with E-state index in [0.717, 1.165) is 33.4 Å². The quantitative estimate of drug-likeness (QED) is 0.254. The number of furan rings is 1. The van der Waals surface area contributed by atoms with Gasteiger partial charge in [0.25, 0.3) is 10.0 Å². The zero-order valence-corrected chi connectivity index (χ0v) is 21.3. The van der Waals surface area contributed by atoms with Gasteiger partial charge in [-0.15, -0.1) is 0 Å². The number of benzene rings is 4. The number of nitrogens with zero attached hydrogens (tertiary/aromatic N) is 1. The highest BCUT2D eigenvalue weighted by atomic mass is 32.2. The summed E-state index contributed by atoms with van der Waals surface area (Å²) in [4.78, 5) is 0.233. The van der Waals surface area contributed by atoms with E-state index < -0.39 is 16.1 Å². The van der Waals surface area contributed by atoms with Gasteiger partial charge in [0, 0.05) is 11.0 Å². The molecule has 37 heavy (non-hydrogen) atoms. The molecule has 0 saturated heterocycles. The van der Waals surface area contributed by atoms with Crippen LogP contribution in [0, 0.1) is 6.92 Å². The molecule has 6 heteroatoms. The Morgan fingerprint density at radius 2 is 1.49 bits per heavy atom. The lowest BCUT2D eigenvalue weighted by Gasteiger charge is -2.35. The van der Waals surface area contributed by atoms with Crippen LogP contribution in [-0.4, -0.2) is 15.5 Å². The fourth-order valence-corrected chi connectivity index (χ4v) is 6.46. The van der Waals surface area contributed by atoms with E-state index in [9.17, 15) is 8.42 Å². The lowest BCUT2D eigenvalue weighted by Crippen LogP contribution is -2.36. The summed E-state index contributed by atoms with van der Waals surface area (Å²) in [6, 6.07) is 31.4. The second-order valence-corrected chi connectivity index (χ2v) is 10.9. The van der Waals surface area contributed by atoms with Crippen molar-refractivity contribution in [3.8, 4) is 5.75 Å². The maximum atomic E-state index is 14.4. The summed E-state index contributed by atoms with van der Waals surface area (Å²) in [5.41, 5.74) is 4.77. The van der Waals surface area contributed by atoms with E-state index in [1.165, 1.54) is 4.31 Å². The Morgan fingerprint density at radius 1 is 0.811 bits per heavy atom. The first-order chi connectivity index (χ1) is 18.0. The first-order valence-electron chi connectivity index (χ1n) is 12.0. The van der Waals surface area contributed by atoms with Gasteiger partial charge in [-0.05, 0) is 60.5 Å². The van der Waals surface area contributed by atoms with Crippen LogP contribution in [0.15, 0.2) is 119 Å². The molecule has 184 valence electrons. The van der Waals surface area contributed by atoms with Crippen LogP contribution in [0.4, 0.5) is 5.69 Å². The number of hydrogen-bond donors (Lipinski definition) is 0. The molecule has 1 aromatic heterocycles. The van der Waals surface area contributed by atoms with Crippen molar-refractivity contribution in [2.75, 3.05) is 11.4 Å². The van der Waals surface area contributed by atoms with Gasteiger partial charge < -0.3 is 9.15 Å². The molecule has 5 nitrogen and oxygen atoms in total. The molecule has 0 N–H and O–H groups in total. The van der Waals surface area contributed by atoms with E-state index in [1.807, 2.05) is 104 Å². The van der Waals surface area contributed by atoms with Crippen LogP contribution in [0.1, 0.15) is 28.5 Å². The third-order valence-corrected chi connectivity index (χ3v) is 8.53. The number of rotatable bonds is 5. The van der Waals surface area contributed by atoms with Gasteiger partial charge in [-0.2, -0.15) is 0 Å². The average Bonchev–Trinajstić information content (AvgIpc) is 3.32. The minimum absolute atomic E-state index is 0.233. The zero-order valence-electron chi connectivity index (χ0n) is 20.5. The Kier molecular flexibility index (Phi) is 5.61. The van der Waals surface area contributed by atoms with Crippen molar-refractivity contribution in [1.29, 1.82) is 0 Å². The van der Waals surface area contributed by atoms with Gasteiger partial charge in [-0.1, -0.05) is 72.3 Å². The maximum absolute atomic E-state index is 14.4. The normalized spacial score (nSPS) is 15.4. The van der Waals surface area contributed by atoms with Gasteiger partial charge in [-0.3, -0.25) is 4.31 Å². The van der Waals surface area contributed by atoms with Crippen molar-refractivity contribution >= 4 is 32.3 Å². The van der Waals surface area contributed by atoms with Crippen LogP contribution in [0.2, 0.25) is 0 Å². The summed E-state index contributed by atoms with van der Waals surface area (Å²) < 4.78 is 41.9. The van der Waals surface area contributed by atoms with Crippen molar-refractivity contribution in [1.82, 2.24) is 0 Å². The highest BCUT2D eigenvalue weighted by molar-refractivity contribution is 7.92. The van der Waals surface area contributed by atoms with Crippen LogP contribution < -0.4 is 9.04 Å². The zero-order chi connectivity index (χ0) is 25.6. The SMILES string of the molecule is COc1ccc(C2=CC(c3ccccc3)N(S(=O)(=O)c3ccc(C)cc3)c3c2oc2ccccc32)cc1. The predicted octanol–water partition coefficient (Wildman–Crippen LogP) is 7.13. The van der Waals surface area contributed by atoms with Crippen molar-refractivity contribution < 1.29 is 17.6 Å². The summed E-state index contributed by atoms with van der Waals surface area (Å²) >= 11 is 0. The van der Waals surface area contributed by atoms with Crippen LogP contribution in [-0.2, 0) is 10.0 Å². The molecule has 0 spiro atoms. The Bertz CT molecular complexity index is 1720. The molecule has 0 bridgehead atoms. The second-order valence-electron chi connectivity index (χ2n) is 9.05. The minimum Gasteiger partial charge on any atom is -0.497 e. The summed E-state index contributed by atoms with van der Waals surface area (Å²) in [5, 5.41) is 0.744. The van der Waals surface area contributed by atoms with Crippen molar-refractivity contribution in [3.63, 3.8) is 0 Å². The molecule has 1 atom stereocenters. The standard InChI is InChI=1S/C31H25NO4S/c1-21-12-18-25(19-13-21)37(33,34)32-28(23-8-4-3-5-9-23)20-27(22-14-16-24(35-2)17-15-22)31-30(32)26-10-6-7-11-29(26)36-31/h3-20,28H,1-2H3. The van der Waals surface area contributed by atoms with E-state index >= 15 is 0 Å². The Morgan fingerprint density at radius 3 is 2.19 bits per heavy atom. The predicted molar refractivity (Wildman–Crippen MR) is 146 cm³/mol. The fraction of sp³-hybridized carbons (Fsp3) is 0.0968. The topological polar surface area (TPSA) is 59.8 Å². The molecule has 0 fully saturated rings. The molecule has 2 heterocycles. The third-order valence-electron chi connectivity index (χ3n) is 6.73. The number of methoxy groups -OCH3 is 1. The number of aryl methyl sites for hydroxylation is 1. The van der Waals surface area contributed by atoms with Gasteiger partial charge in [-0.25, -0.2) is 8.42 Å². The van der Waals surface area contributed by atoms with Crippen LogP contribution in [0.3, 0.4) is 0 Å². The molecular weight excluding hydrogens is 482 g/mol. The number of sulfonamides is 1. The van der Waals surface area contributed by atoms with Gasteiger partial charge >= 0.3 is 0 Å². The van der Waals surface area contributed by atoms with E-state index in [2.05, 4.69) is 0 Å². The molecule has 0 saturated carbocycles. The first kappa shape index (κ1) is 23.1. The third kappa shape index (κ3) is 3.90. The lowest BCUT2D eigenvalue weighted by atomic mass is 9.93.